The van der Waals surface area contributed by atoms with Crippen LogP contribution in [0.3, 0.4) is 0 Å². The van der Waals surface area contributed by atoms with Crippen LogP contribution in [-0.4, -0.2) is 10.2 Å². The molecule has 2 rings (SSSR count). The van der Waals surface area contributed by atoms with E-state index in [0.29, 0.717) is 15.5 Å². The SMILES string of the molecule is O=C1NC(=S)/C(=C/c2cccc(F)c2)S1. The fourth-order valence-electron chi connectivity index (χ4n) is 1.17. The zero-order valence-electron chi connectivity index (χ0n) is 7.49. The molecule has 5 heteroatoms. The van der Waals surface area contributed by atoms with Crippen LogP contribution in [0.2, 0.25) is 0 Å². The number of amides is 1. The highest BCUT2D eigenvalue weighted by Gasteiger charge is 2.21. The summed E-state index contributed by atoms with van der Waals surface area (Å²) in [4.78, 5) is 12.0. The second-order valence-electron chi connectivity index (χ2n) is 2.91. The Morgan fingerprint density at radius 2 is 2.27 bits per heavy atom. The van der Waals surface area contributed by atoms with E-state index >= 15 is 0 Å². The Hall–Kier alpha value is -1.20. The highest BCUT2D eigenvalue weighted by atomic mass is 32.2. The Bertz CT molecular complexity index is 470. The minimum Gasteiger partial charge on any atom is -0.307 e. The van der Waals surface area contributed by atoms with E-state index < -0.39 is 0 Å². The van der Waals surface area contributed by atoms with E-state index in [9.17, 15) is 9.18 Å². The molecule has 1 fully saturated rings. The third-order valence-corrected chi connectivity index (χ3v) is 3.07. The van der Waals surface area contributed by atoms with Crippen LogP contribution in [0.25, 0.3) is 6.08 Å². The molecule has 0 spiro atoms. The van der Waals surface area contributed by atoms with Gasteiger partial charge in [-0.3, -0.25) is 4.79 Å². The zero-order chi connectivity index (χ0) is 10.8. The number of benzene rings is 1. The highest BCUT2D eigenvalue weighted by molar-refractivity contribution is 8.19. The molecule has 0 atom stereocenters. The lowest BCUT2D eigenvalue weighted by Gasteiger charge is -1.95. The van der Waals surface area contributed by atoms with Crippen molar-refractivity contribution >= 4 is 40.3 Å². The average molecular weight is 239 g/mol. The molecule has 0 saturated carbocycles. The van der Waals surface area contributed by atoms with Crippen molar-refractivity contribution in [2.75, 3.05) is 0 Å². The Labute approximate surface area is 95.6 Å². The van der Waals surface area contributed by atoms with Gasteiger partial charge in [-0.05, 0) is 35.5 Å². The molecule has 0 radical (unpaired) electrons. The first-order chi connectivity index (χ1) is 7.15. The minimum atomic E-state index is -0.308. The molecule has 15 heavy (non-hydrogen) atoms. The van der Waals surface area contributed by atoms with Crippen LogP contribution in [0, 0.1) is 5.82 Å². The topological polar surface area (TPSA) is 29.1 Å². The second-order valence-corrected chi connectivity index (χ2v) is 4.33. The van der Waals surface area contributed by atoms with Gasteiger partial charge in [0.2, 0.25) is 0 Å². The number of thiocarbonyl (C=S) groups is 1. The van der Waals surface area contributed by atoms with Crippen molar-refractivity contribution in [1.29, 1.82) is 0 Å². The third-order valence-electron chi connectivity index (χ3n) is 1.79. The molecule has 1 N–H and O–H groups in total. The standard InChI is InChI=1S/C10H6FNOS2/c11-7-3-1-2-6(4-7)5-8-9(14)12-10(13)15-8/h1-5H,(H,12,13,14)/b8-5-. The van der Waals surface area contributed by atoms with E-state index in [1.54, 1.807) is 18.2 Å². The molecule has 0 unspecified atom stereocenters. The molecule has 0 aliphatic carbocycles. The smallest absolute Gasteiger partial charge is 0.289 e. The van der Waals surface area contributed by atoms with Crippen molar-refractivity contribution in [3.05, 3.63) is 40.6 Å². The van der Waals surface area contributed by atoms with Gasteiger partial charge in [-0.2, -0.15) is 0 Å². The van der Waals surface area contributed by atoms with Crippen LogP contribution >= 0.6 is 24.0 Å². The summed E-state index contributed by atoms with van der Waals surface area (Å²) >= 11 is 5.96. The van der Waals surface area contributed by atoms with Gasteiger partial charge in [-0.15, -0.1) is 0 Å². The first kappa shape index (κ1) is 10.3. The van der Waals surface area contributed by atoms with Gasteiger partial charge >= 0.3 is 0 Å². The summed E-state index contributed by atoms with van der Waals surface area (Å²) in [7, 11) is 0. The first-order valence-corrected chi connectivity index (χ1v) is 5.38. The van der Waals surface area contributed by atoms with Crippen LogP contribution in [0.5, 0.6) is 0 Å². The number of carbonyl (C=O) groups is 1. The summed E-state index contributed by atoms with van der Waals surface area (Å²) in [5.41, 5.74) is 0.691. The van der Waals surface area contributed by atoms with Crippen LogP contribution in [0.4, 0.5) is 9.18 Å². The van der Waals surface area contributed by atoms with Crippen molar-refractivity contribution in [2.24, 2.45) is 0 Å². The van der Waals surface area contributed by atoms with Gasteiger partial charge in [0.05, 0.1) is 4.91 Å². The molecule has 76 valence electrons. The summed E-state index contributed by atoms with van der Waals surface area (Å²) in [6.45, 7) is 0. The van der Waals surface area contributed by atoms with Crippen LogP contribution < -0.4 is 5.32 Å². The number of halogens is 1. The molecule has 1 aromatic rings. The van der Waals surface area contributed by atoms with E-state index in [2.05, 4.69) is 5.32 Å². The number of carbonyl (C=O) groups excluding carboxylic acids is 1. The quantitative estimate of drug-likeness (QED) is 0.603. The monoisotopic (exact) mass is 239 g/mol. The molecule has 1 aliphatic rings. The molecule has 1 aromatic carbocycles. The molecule has 1 saturated heterocycles. The Morgan fingerprint density at radius 1 is 1.47 bits per heavy atom. The molecule has 1 aliphatic heterocycles. The minimum absolute atomic E-state index is 0.192. The number of hydrogen-bond donors (Lipinski definition) is 1. The van der Waals surface area contributed by atoms with Crippen molar-refractivity contribution in [3.63, 3.8) is 0 Å². The van der Waals surface area contributed by atoms with Gasteiger partial charge in [0.15, 0.2) is 0 Å². The van der Waals surface area contributed by atoms with Crippen molar-refractivity contribution < 1.29 is 9.18 Å². The van der Waals surface area contributed by atoms with Gasteiger partial charge in [0.1, 0.15) is 10.8 Å². The third kappa shape index (κ3) is 2.43. The summed E-state index contributed by atoms with van der Waals surface area (Å²) in [5, 5.41) is 2.30. The van der Waals surface area contributed by atoms with Gasteiger partial charge < -0.3 is 5.32 Å². The van der Waals surface area contributed by atoms with Crippen LogP contribution in [0.15, 0.2) is 29.2 Å². The van der Waals surface area contributed by atoms with E-state index in [1.807, 2.05) is 0 Å². The number of nitrogens with one attached hydrogen (secondary N) is 1. The maximum absolute atomic E-state index is 12.9. The molecule has 2 nitrogen and oxygen atoms in total. The lowest BCUT2D eigenvalue weighted by atomic mass is 10.2. The van der Waals surface area contributed by atoms with Crippen molar-refractivity contribution in [3.8, 4) is 0 Å². The molecule has 1 heterocycles. The highest BCUT2D eigenvalue weighted by Crippen LogP contribution is 2.26. The van der Waals surface area contributed by atoms with Crippen LogP contribution in [0.1, 0.15) is 5.56 Å². The average Bonchev–Trinajstić information content (AvgIpc) is 2.45. The predicted octanol–water partition coefficient (Wildman–Crippen LogP) is 2.95. The zero-order valence-corrected chi connectivity index (χ0v) is 9.12. The van der Waals surface area contributed by atoms with Gasteiger partial charge in [0.25, 0.3) is 5.24 Å². The Balaban J connectivity index is 2.31. The fraction of sp³-hybridized carbons (Fsp3) is 0. The van der Waals surface area contributed by atoms with Gasteiger partial charge in [-0.1, -0.05) is 24.4 Å². The van der Waals surface area contributed by atoms with Gasteiger partial charge in [0, 0.05) is 0 Å². The van der Waals surface area contributed by atoms with Gasteiger partial charge in [-0.25, -0.2) is 4.39 Å². The lowest BCUT2D eigenvalue weighted by molar-refractivity contribution is 0.265. The number of thioether (sulfide) groups is 1. The van der Waals surface area contributed by atoms with E-state index in [1.165, 1.54) is 12.1 Å². The first-order valence-electron chi connectivity index (χ1n) is 4.15. The maximum Gasteiger partial charge on any atom is 0.289 e. The molecule has 1 amide bonds. The van der Waals surface area contributed by atoms with Crippen molar-refractivity contribution in [1.82, 2.24) is 5.32 Å². The largest absolute Gasteiger partial charge is 0.307 e. The summed E-state index contributed by atoms with van der Waals surface area (Å²) in [6, 6.07) is 6.12. The van der Waals surface area contributed by atoms with Crippen LogP contribution in [-0.2, 0) is 0 Å². The fourth-order valence-corrected chi connectivity index (χ4v) is 2.20. The Morgan fingerprint density at radius 3 is 2.87 bits per heavy atom. The molecular formula is C10H6FNOS2. The molecular weight excluding hydrogens is 233 g/mol. The summed E-state index contributed by atoms with van der Waals surface area (Å²) in [6.07, 6.45) is 1.69. The summed E-state index contributed by atoms with van der Waals surface area (Å²) < 4.78 is 12.9. The summed E-state index contributed by atoms with van der Waals surface area (Å²) in [5.74, 6) is -0.308. The molecule has 0 aromatic heterocycles. The molecule has 0 bridgehead atoms. The number of hydrogen-bond acceptors (Lipinski definition) is 3. The van der Waals surface area contributed by atoms with E-state index in [4.69, 9.17) is 12.2 Å². The second kappa shape index (κ2) is 4.12. The normalized spacial score (nSPS) is 18.3. The van der Waals surface area contributed by atoms with Crippen molar-refractivity contribution in [2.45, 2.75) is 0 Å². The predicted molar refractivity (Wildman–Crippen MR) is 63.1 cm³/mol. The number of rotatable bonds is 1. The van der Waals surface area contributed by atoms with E-state index in [0.717, 1.165) is 11.8 Å². The Kier molecular flexibility index (Phi) is 2.83. The maximum atomic E-state index is 12.9. The van der Waals surface area contributed by atoms with E-state index in [-0.39, 0.29) is 11.1 Å². The lowest BCUT2D eigenvalue weighted by Crippen LogP contribution is -2.15.